The molecule has 1 amide bonds. The molecule has 5 heterocycles. The van der Waals surface area contributed by atoms with Crippen LogP contribution in [0.1, 0.15) is 18.4 Å². The lowest BCUT2D eigenvalue weighted by atomic mass is 10.2. The number of fused-ring (bicyclic) bond motifs is 1. The summed E-state index contributed by atoms with van der Waals surface area (Å²) in [5.41, 5.74) is 2.71. The molecule has 3 aromatic heterocycles. The van der Waals surface area contributed by atoms with Crippen LogP contribution in [0.15, 0.2) is 61.1 Å². The van der Waals surface area contributed by atoms with Crippen LogP contribution in [0.5, 0.6) is 0 Å². The van der Waals surface area contributed by atoms with Crippen molar-refractivity contribution >= 4 is 34.7 Å². The number of piperazine rings is 1. The molecule has 0 atom stereocenters. The maximum absolute atomic E-state index is 12.1. The molecule has 0 spiro atoms. The molecule has 2 fully saturated rings. The first kappa shape index (κ1) is 23.2. The zero-order valence-electron chi connectivity index (χ0n) is 20.8. The third-order valence-electron chi connectivity index (χ3n) is 7.07. The lowest BCUT2D eigenvalue weighted by molar-refractivity contribution is -0.127. The van der Waals surface area contributed by atoms with Crippen LogP contribution in [0, 0.1) is 0 Å². The molecule has 0 aliphatic carbocycles. The fraction of sp³-hybridized carbons (Fsp3) is 0.370. The molecule has 2 aliphatic rings. The van der Waals surface area contributed by atoms with Crippen LogP contribution < -0.4 is 15.1 Å². The van der Waals surface area contributed by atoms with E-state index in [-0.39, 0.29) is 5.91 Å². The van der Waals surface area contributed by atoms with Crippen molar-refractivity contribution in [2.24, 2.45) is 0 Å². The molecule has 0 bridgehead atoms. The third-order valence-corrected chi connectivity index (χ3v) is 7.07. The minimum atomic E-state index is 0.232. The van der Waals surface area contributed by atoms with Crippen molar-refractivity contribution in [1.29, 1.82) is 0 Å². The van der Waals surface area contributed by atoms with E-state index in [4.69, 9.17) is 9.97 Å². The lowest BCUT2D eigenvalue weighted by Gasteiger charge is -2.35. The van der Waals surface area contributed by atoms with E-state index in [9.17, 15) is 4.79 Å². The van der Waals surface area contributed by atoms with Gasteiger partial charge in [0.15, 0.2) is 17.0 Å². The van der Waals surface area contributed by atoms with Crippen LogP contribution in [-0.4, -0.2) is 74.6 Å². The highest BCUT2D eigenvalue weighted by Gasteiger charge is 2.24. The van der Waals surface area contributed by atoms with Gasteiger partial charge in [-0.2, -0.15) is 9.97 Å². The van der Waals surface area contributed by atoms with E-state index in [0.717, 1.165) is 61.9 Å². The molecule has 0 saturated carbocycles. The van der Waals surface area contributed by atoms with Crippen molar-refractivity contribution in [3.63, 3.8) is 0 Å². The number of anilines is 3. The van der Waals surface area contributed by atoms with Crippen molar-refractivity contribution in [3.05, 3.63) is 66.6 Å². The SMILES string of the molecule is O=C1CCCN1CCn1cnc2c(NCc3ccccc3)nc(N3CCN(c4ccccn4)CC3)nc21. The van der Waals surface area contributed by atoms with E-state index < -0.39 is 0 Å². The average Bonchev–Trinajstić information content (AvgIpc) is 3.57. The molecule has 2 saturated heterocycles. The molecule has 10 heteroatoms. The summed E-state index contributed by atoms with van der Waals surface area (Å²) in [7, 11) is 0. The second-order valence-electron chi connectivity index (χ2n) is 9.47. The van der Waals surface area contributed by atoms with Gasteiger partial charge >= 0.3 is 0 Å². The van der Waals surface area contributed by atoms with Crippen molar-refractivity contribution < 1.29 is 4.79 Å². The summed E-state index contributed by atoms with van der Waals surface area (Å²) in [6, 6.07) is 16.3. The van der Waals surface area contributed by atoms with Crippen LogP contribution >= 0.6 is 0 Å². The Labute approximate surface area is 216 Å². The van der Waals surface area contributed by atoms with Gasteiger partial charge in [-0.1, -0.05) is 36.4 Å². The van der Waals surface area contributed by atoms with E-state index in [0.29, 0.717) is 32.0 Å². The molecule has 1 N–H and O–H groups in total. The van der Waals surface area contributed by atoms with Gasteiger partial charge in [-0.05, 0) is 24.1 Å². The van der Waals surface area contributed by atoms with Gasteiger partial charge in [0.05, 0.1) is 6.33 Å². The highest BCUT2D eigenvalue weighted by molar-refractivity contribution is 5.84. The van der Waals surface area contributed by atoms with Crippen LogP contribution in [0.3, 0.4) is 0 Å². The van der Waals surface area contributed by atoms with Crippen molar-refractivity contribution in [3.8, 4) is 0 Å². The van der Waals surface area contributed by atoms with Gasteiger partial charge in [0.25, 0.3) is 0 Å². The number of carbonyl (C=O) groups excluding carboxylic acids is 1. The van der Waals surface area contributed by atoms with Crippen molar-refractivity contribution in [1.82, 2.24) is 29.4 Å². The minimum absolute atomic E-state index is 0.232. The molecule has 190 valence electrons. The number of hydrogen-bond donors (Lipinski definition) is 1. The van der Waals surface area contributed by atoms with Crippen molar-refractivity contribution in [2.45, 2.75) is 25.9 Å². The average molecular weight is 498 g/mol. The van der Waals surface area contributed by atoms with Gasteiger partial charge in [-0.25, -0.2) is 9.97 Å². The monoisotopic (exact) mass is 497 g/mol. The lowest BCUT2D eigenvalue weighted by Crippen LogP contribution is -2.47. The summed E-state index contributed by atoms with van der Waals surface area (Å²) < 4.78 is 2.05. The smallest absolute Gasteiger partial charge is 0.229 e. The number of rotatable bonds is 8. The summed E-state index contributed by atoms with van der Waals surface area (Å²) in [4.78, 5) is 37.6. The van der Waals surface area contributed by atoms with E-state index in [1.807, 2.05) is 58.4 Å². The first-order valence-corrected chi connectivity index (χ1v) is 12.9. The normalized spacial score (nSPS) is 16.1. The highest BCUT2D eigenvalue weighted by Crippen LogP contribution is 2.25. The topological polar surface area (TPSA) is 95.3 Å². The first-order valence-electron chi connectivity index (χ1n) is 12.9. The zero-order valence-corrected chi connectivity index (χ0v) is 20.8. The predicted molar refractivity (Wildman–Crippen MR) is 144 cm³/mol. The number of amides is 1. The Morgan fingerprint density at radius 1 is 0.838 bits per heavy atom. The molecule has 6 rings (SSSR count). The van der Waals surface area contributed by atoms with Crippen LogP contribution in [0.25, 0.3) is 11.2 Å². The van der Waals surface area contributed by atoms with Gasteiger partial charge in [0, 0.05) is 65.0 Å². The third kappa shape index (κ3) is 5.04. The number of likely N-dealkylation sites (tertiary alicyclic amines) is 1. The Morgan fingerprint density at radius 2 is 1.65 bits per heavy atom. The Morgan fingerprint density at radius 3 is 2.41 bits per heavy atom. The van der Waals surface area contributed by atoms with E-state index in [1.165, 1.54) is 5.56 Å². The summed E-state index contributed by atoms with van der Waals surface area (Å²) in [5.74, 6) is 2.66. The number of pyridine rings is 1. The zero-order chi connectivity index (χ0) is 25.0. The van der Waals surface area contributed by atoms with Gasteiger partial charge in [-0.15, -0.1) is 0 Å². The number of carbonyl (C=O) groups is 1. The molecular formula is C27H31N9O. The van der Waals surface area contributed by atoms with E-state index in [1.54, 1.807) is 0 Å². The van der Waals surface area contributed by atoms with E-state index in [2.05, 4.69) is 37.2 Å². The standard InChI is InChI=1S/C27H31N9O/c37-23-10-6-12-34(23)15-18-36-20-30-24-25(29-19-21-7-2-1-3-8-21)31-27(32-26(24)36)35-16-13-33(14-17-35)22-9-4-5-11-28-22/h1-5,7-9,11,20H,6,10,12-19H2,(H,29,31,32). The Balaban J connectivity index is 1.25. The number of benzene rings is 1. The Hall–Kier alpha value is -4.21. The second kappa shape index (κ2) is 10.4. The number of hydrogen-bond acceptors (Lipinski definition) is 8. The first-order chi connectivity index (χ1) is 18.2. The van der Waals surface area contributed by atoms with Crippen LogP contribution in [0.4, 0.5) is 17.6 Å². The Bertz CT molecular complexity index is 1350. The molecule has 1 aromatic carbocycles. The number of nitrogens with zero attached hydrogens (tertiary/aromatic N) is 8. The molecule has 4 aromatic rings. The maximum atomic E-state index is 12.1. The summed E-state index contributed by atoms with van der Waals surface area (Å²) >= 11 is 0. The number of aromatic nitrogens is 5. The quantitative estimate of drug-likeness (QED) is 0.397. The largest absolute Gasteiger partial charge is 0.364 e. The summed E-state index contributed by atoms with van der Waals surface area (Å²) in [6.45, 7) is 6.10. The molecular weight excluding hydrogens is 466 g/mol. The second-order valence-corrected chi connectivity index (χ2v) is 9.47. The summed E-state index contributed by atoms with van der Waals surface area (Å²) in [6.07, 6.45) is 5.24. The minimum Gasteiger partial charge on any atom is -0.364 e. The maximum Gasteiger partial charge on any atom is 0.229 e. The van der Waals surface area contributed by atoms with Crippen LogP contribution in [0.2, 0.25) is 0 Å². The van der Waals surface area contributed by atoms with Crippen molar-refractivity contribution in [2.75, 3.05) is 54.4 Å². The highest BCUT2D eigenvalue weighted by atomic mass is 16.2. The van der Waals surface area contributed by atoms with E-state index >= 15 is 0 Å². The summed E-state index contributed by atoms with van der Waals surface area (Å²) in [5, 5.41) is 3.50. The molecule has 0 radical (unpaired) electrons. The van der Waals surface area contributed by atoms with Gasteiger partial charge in [-0.3, -0.25) is 4.79 Å². The predicted octanol–water partition coefficient (Wildman–Crippen LogP) is 2.78. The van der Waals surface area contributed by atoms with Crippen LogP contribution in [-0.2, 0) is 17.9 Å². The fourth-order valence-electron chi connectivity index (χ4n) is 4.99. The Kier molecular flexibility index (Phi) is 6.53. The van der Waals surface area contributed by atoms with Gasteiger partial charge in [0.1, 0.15) is 5.82 Å². The molecule has 0 unspecified atom stereocenters. The molecule has 10 nitrogen and oxygen atoms in total. The number of imidazole rings is 1. The molecule has 2 aliphatic heterocycles. The fourth-order valence-corrected chi connectivity index (χ4v) is 4.99. The number of nitrogens with one attached hydrogen (secondary N) is 1. The van der Waals surface area contributed by atoms with Gasteiger partial charge in [0.2, 0.25) is 11.9 Å². The molecule has 37 heavy (non-hydrogen) atoms. The van der Waals surface area contributed by atoms with Gasteiger partial charge < -0.3 is 24.6 Å².